The summed E-state index contributed by atoms with van der Waals surface area (Å²) >= 11 is 0. The van der Waals surface area contributed by atoms with Gasteiger partial charge in [0, 0.05) is 13.1 Å². The molecule has 1 rings (SSSR count). The average Bonchev–Trinajstić information content (AvgIpc) is 2.45. The van der Waals surface area contributed by atoms with Gasteiger partial charge in [0.2, 0.25) is 0 Å². The minimum atomic E-state index is -0.828. The Morgan fingerprint density at radius 2 is 1.95 bits per heavy atom. The van der Waals surface area contributed by atoms with Crippen molar-refractivity contribution in [2.24, 2.45) is 0 Å². The van der Waals surface area contributed by atoms with Crippen LogP contribution in [-0.2, 0) is 20.8 Å². The molecule has 0 spiro atoms. The summed E-state index contributed by atoms with van der Waals surface area (Å²) in [6.07, 6.45) is -0.737. The second kappa shape index (κ2) is 8.76. The number of esters is 1. The zero-order chi connectivity index (χ0) is 15.7. The zero-order valence-corrected chi connectivity index (χ0v) is 12.2. The van der Waals surface area contributed by atoms with Crippen LogP contribution >= 0.6 is 0 Å². The fraction of sp³-hybridized carbons (Fsp3) is 0.333. The van der Waals surface area contributed by atoms with E-state index in [-0.39, 0.29) is 12.3 Å². The maximum atomic E-state index is 11.6. The van der Waals surface area contributed by atoms with Crippen molar-refractivity contribution in [2.45, 2.75) is 19.5 Å². The van der Waals surface area contributed by atoms with Gasteiger partial charge in [0.05, 0.1) is 12.9 Å². The topological polar surface area (TPSA) is 76.7 Å². The molecule has 114 valence electrons. The highest BCUT2D eigenvalue weighted by molar-refractivity contribution is 5.81. The van der Waals surface area contributed by atoms with E-state index in [9.17, 15) is 9.59 Å². The molecule has 1 amide bonds. The largest absolute Gasteiger partial charge is 0.467 e. The van der Waals surface area contributed by atoms with Gasteiger partial charge in [0.15, 0.2) is 0 Å². The summed E-state index contributed by atoms with van der Waals surface area (Å²) in [5.74, 6) is -0.303. The van der Waals surface area contributed by atoms with Crippen LogP contribution in [0.5, 0.6) is 0 Å². The monoisotopic (exact) mass is 292 g/mol. The highest BCUT2D eigenvalue weighted by Crippen LogP contribution is 1.98. The van der Waals surface area contributed by atoms with Crippen LogP contribution in [0.1, 0.15) is 12.5 Å². The molecule has 0 heterocycles. The zero-order valence-electron chi connectivity index (χ0n) is 12.2. The second-order valence-electron chi connectivity index (χ2n) is 4.43. The van der Waals surface area contributed by atoms with Gasteiger partial charge in [-0.2, -0.15) is 0 Å². The highest BCUT2D eigenvalue weighted by Gasteiger charge is 2.21. The highest BCUT2D eigenvalue weighted by atomic mass is 16.6. The molecule has 2 N–H and O–H groups in total. The Balaban J connectivity index is 2.48. The summed E-state index contributed by atoms with van der Waals surface area (Å²) < 4.78 is 9.41. The molecule has 21 heavy (non-hydrogen) atoms. The number of rotatable bonds is 7. The van der Waals surface area contributed by atoms with E-state index in [1.165, 1.54) is 7.11 Å². The van der Waals surface area contributed by atoms with E-state index >= 15 is 0 Å². The lowest BCUT2D eigenvalue weighted by molar-refractivity contribution is -0.142. The van der Waals surface area contributed by atoms with Crippen LogP contribution < -0.4 is 10.6 Å². The number of alkyl carbamates (subject to hydrolysis) is 1. The number of carbonyl (C=O) groups excluding carboxylic acids is 2. The predicted molar refractivity (Wildman–Crippen MR) is 78.4 cm³/mol. The van der Waals surface area contributed by atoms with E-state index < -0.39 is 18.1 Å². The number of nitrogens with one attached hydrogen (secondary N) is 2. The third-order valence-corrected chi connectivity index (χ3v) is 2.57. The van der Waals surface area contributed by atoms with Crippen LogP contribution in [0.2, 0.25) is 0 Å². The molecule has 0 aliphatic rings. The molecule has 0 unspecified atom stereocenters. The van der Waals surface area contributed by atoms with Gasteiger partial charge in [-0.25, -0.2) is 9.59 Å². The Hall–Kier alpha value is -2.34. The normalized spacial score (nSPS) is 11.3. The van der Waals surface area contributed by atoms with Gasteiger partial charge in [-0.15, -0.1) is 0 Å². The van der Waals surface area contributed by atoms with Gasteiger partial charge in [-0.05, 0) is 12.5 Å². The van der Waals surface area contributed by atoms with Gasteiger partial charge in [0.25, 0.3) is 0 Å². The van der Waals surface area contributed by atoms with E-state index in [0.29, 0.717) is 6.54 Å². The molecule has 0 bridgehead atoms. The Morgan fingerprint density at radius 1 is 1.29 bits per heavy atom. The van der Waals surface area contributed by atoms with Crippen molar-refractivity contribution in [3.8, 4) is 0 Å². The Kier molecular flexibility index (Phi) is 6.97. The van der Waals surface area contributed by atoms with E-state index in [4.69, 9.17) is 4.74 Å². The first kappa shape index (κ1) is 16.7. The lowest BCUT2D eigenvalue weighted by Gasteiger charge is -2.17. The summed E-state index contributed by atoms with van der Waals surface area (Å²) in [6, 6.07) is 8.88. The molecular weight excluding hydrogens is 272 g/mol. The van der Waals surface area contributed by atoms with Crippen molar-refractivity contribution in [1.29, 1.82) is 0 Å². The first-order valence-corrected chi connectivity index (χ1v) is 6.49. The van der Waals surface area contributed by atoms with Crippen molar-refractivity contribution < 1.29 is 19.1 Å². The van der Waals surface area contributed by atoms with Gasteiger partial charge < -0.3 is 20.1 Å². The standard InChI is InChI=1S/C15H20N2O4/c1-11(2)21-15(19)17-13(14(18)20-3)10-16-9-12-7-5-4-6-8-12/h4-8,13,16H,1,9-10H2,2-3H3,(H,17,19)/t13-/m0/s1. The first-order chi connectivity index (χ1) is 10.0. The summed E-state index contributed by atoms with van der Waals surface area (Å²) in [5, 5.41) is 5.51. The predicted octanol–water partition coefficient (Wildman–Crippen LogP) is 1.58. The second-order valence-corrected chi connectivity index (χ2v) is 4.43. The van der Waals surface area contributed by atoms with E-state index in [2.05, 4.69) is 21.9 Å². The van der Waals surface area contributed by atoms with Gasteiger partial charge in [-0.1, -0.05) is 36.9 Å². The molecule has 1 atom stereocenters. The maximum Gasteiger partial charge on any atom is 0.413 e. The molecule has 6 nitrogen and oxygen atoms in total. The van der Waals surface area contributed by atoms with Crippen molar-refractivity contribution >= 4 is 12.1 Å². The number of ether oxygens (including phenoxy) is 2. The molecule has 1 aromatic carbocycles. The molecule has 0 aliphatic heterocycles. The molecule has 0 fully saturated rings. The maximum absolute atomic E-state index is 11.6. The minimum Gasteiger partial charge on any atom is -0.467 e. The summed E-state index contributed by atoms with van der Waals surface area (Å²) in [6.45, 7) is 5.80. The third-order valence-electron chi connectivity index (χ3n) is 2.57. The van der Waals surface area contributed by atoms with E-state index in [0.717, 1.165) is 5.56 Å². The van der Waals surface area contributed by atoms with Crippen molar-refractivity contribution in [2.75, 3.05) is 13.7 Å². The smallest absolute Gasteiger partial charge is 0.413 e. The SMILES string of the molecule is C=C(C)OC(=O)N[C@@H](CNCc1ccccc1)C(=O)OC. The number of hydrogen-bond acceptors (Lipinski definition) is 5. The van der Waals surface area contributed by atoms with Crippen LogP contribution in [0.25, 0.3) is 0 Å². The number of allylic oxidation sites excluding steroid dienone is 1. The van der Waals surface area contributed by atoms with E-state index in [1.54, 1.807) is 6.92 Å². The lowest BCUT2D eigenvalue weighted by Crippen LogP contribution is -2.47. The molecule has 0 saturated carbocycles. The molecule has 0 radical (unpaired) electrons. The molecular formula is C15H20N2O4. The van der Waals surface area contributed by atoms with Crippen molar-refractivity contribution in [1.82, 2.24) is 10.6 Å². The third kappa shape index (κ3) is 6.58. The number of methoxy groups -OCH3 is 1. The van der Waals surface area contributed by atoms with Crippen LogP contribution in [0.3, 0.4) is 0 Å². The van der Waals surface area contributed by atoms with Crippen molar-refractivity contribution in [3.63, 3.8) is 0 Å². The summed E-state index contributed by atoms with van der Waals surface area (Å²) in [4.78, 5) is 23.1. The van der Waals surface area contributed by atoms with Crippen LogP contribution in [0.4, 0.5) is 4.79 Å². The molecule has 0 aliphatic carbocycles. The van der Waals surface area contributed by atoms with Gasteiger partial charge >= 0.3 is 12.1 Å². The number of amides is 1. The minimum absolute atomic E-state index is 0.229. The number of carbonyl (C=O) groups is 2. The quantitative estimate of drug-likeness (QED) is 0.589. The Bertz CT molecular complexity index is 488. The number of hydrogen-bond donors (Lipinski definition) is 2. The average molecular weight is 292 g/mol. The summed E-state index contributed by atoms with van der Waals surface area (Å²) in [5.41, 5.74) is 1.07. The molecule has 1 aromatic rings. The van der Waals surface area contributed by atoms with Gasteiger partial charge in [0.1, 0.15) is 6.04 Å². The Morgan fingerprint density at radius 3 is 2.52 bits per heavy atom. The lowest BCUT2D eigenvalue weighted by atomic mass is 10.2. The van der Waals surface area contributed by atoms with Crippen LogP contribution in [-0.4, -0.2) is 31.8 Å². The summed E-state index contributed by atoms with van der Waals surface area (Å²) in [7, 11) is 1.26. The van der Waals surface area contributed by atoms with Gasteiger partial charge in [-0.3, -0.25) is 0 Å². The molecule has 0 aromatic heterocycles. The first-order valence-electron chi connectivity index (χ1n) is 6.49. The van der Waals surface area contributed by atoms with Crippen LogP contribution in [0.15, 0.2) is 42.7 Å². The molecule has 0 saturated heterocycles. The van der Waals surface area contributed by atoms with E-state index in [1.807, 2.05) is 30.3 Å². The Labute approximate surface area is 124 Å². The van der Waals surface area contributed by atoms with Crippen molar-refractivity contribution in [3.05, 3.63) is 48.2 Å². The number of benzene rings is 1. The molecule has 6 heteroatoms. The van der Waals surface area contributed by atoms with Crippen LogP contribution in [0, 0.1) is 0 Å². The fourth-order valence-electron chi connectivity index (χ4n) is 1.62. The fourth-order valence-corrected chi connectivity index (χ4v) is 1.62.